The number of hydrogen-bond donors (Lipinski definition) is 1. The Hall–Kier alpha value is -3.14. The number of amides is 2. The van der Waals surface area contributed by atoms with E-state index in [0.29, 0.717) is 44.1 Å². The zero-order chi connectivity index (χ0) is 23.4. The van der Waals surface area contributed by atoms with E-state index < -0.39 is 11.7 Å². The quantitative estimate of drug-likeness (QED) is 0.740. The Labute approximate surface area is 189 Å². The van der Waals surface area contributed by atoms with Gasteiger partial charge < -0.3 is 19.9 Å². The van der Waals surface area contributed by atoms with Crippen LogP contribution in [0.2, 0.25) is 0 Å². The van der Waals surface area contributed by atoms with E-state index in [-0.39, 0.29) is 23.5 Å². The van der Waals surface area contributed by atoms with Crippen molar-refractivity contribution in [2.75, 3.05) is 44.2 Å². The topological polar surface area (TPSA) is 74.8 Å². The van der Waals surface area contributed by atoms with Gasteiger partial charge in [-0.05, 0) is 49.2 Å². The third kappa shape index (κ3) is 5.62. The summed E-state index contributed by atoms with van der Waals surface area (Å²) in [6, 6.07) is 7.75. The lowest BCUT2D eigenvalue weighted by molar-refractivity contribution is -0.137. The van der Waals surface area contributed by atoms with E-state index in [0.717, 1.165) is 31.6 Å². The molecule has 4 rings (SSSR count). The number of halogens is 3. The van der Waals surface area contributed by atoms with Crippen LogP contribution < -0.4 is 10.2 Å². The minimum absolute atomic E-state index is 0.0720. The third-order valence-corrected chi connectivity index (χ3v) is 5.87. The molecule has 0 radical (unpaired) electrons. The molecule has 176 valence electrons. The highest BCUT2D eigenvalue weighted by molar-refractivity contribution is 5.95. The van der Waals surface area contributed by atoms with E-state index in [2.05, 4.69) is 10.3 Å². The summed E-state index contributed by atoms with van der Waals surface area (Å²) in [4.78, 5) is 32.9. The number of benzene rings is 1. The summed E-state index contributed by atoms with van der Waals surface area (Å²) in [7, 11) is 0. The molecule has 1 N–H and O–H groups in total. The first kappa shape index (κ1) is 23.0. The van der Waals surface area contributed by atoms with Crippen LogP contribution in [0.25, 0.3) is 0 Å². The predicted octanol–water partition coefficient (Wildman–Crippen LogP) is 2.97. The molecule has 3 heterocycles. The number of pyridine rings is 1. The maximum atomic E-state index is 12.7. The minimum Gasteiger partial charge on any atom is -0.376 e. The Morgan fingerprint density at radius 3 is 2.30 bits per heavy atom. The molecule has 0 bridgehead atoms. The van der Waals surface area contributed by atoms with E-state index in [9.17, 15) is 22.8 Å². The number of piperazine rings is 1. The van der Waals surface area contributed by atoms with Crippen LogP contribution in [0.1, 0.15) is 39.1 Å². The van der Waals surface area contributed by atoms with Gasteiger partial charge in [0.1, 0.15) is 5.82 Å². The van der Waals surface area contributed by atoms with Crippen molar-refractivity contribution in [2.24, 2.45) is 0 Å². The highest BCUT2D eigenvalue weighted by Gasteiger charge is 2.31. The Morgan fingerprint density at radius 2 is 1.73 bits per heavy atom. The summed E-state index contributed by atoms with van der Waals surface area (Å²) in [6.07, 6.45) is -0.867. The SMILES string of the molecule is O=C(NCC1CCCO1)c1ccc(N2CCN(C(=O)c3ccc(C(F)(F)F)cc3)CC2)nc1. The number of alkyl halides is 3. The average molecular weight is 462 g/mol. The van der Waals surface area contributed by atoms with Crippen LogP contribution >= 0.6 is 0 Å². The van der Waals surface area contributed by atoms with Crippen LogP contribution in [-0.2, 0) is 10.9 Å². The van der Waals surface area contributed by atoms with Crippen molar-refractivity contribution in [2.45, 2.75) is 25.1 Å². The fraction of sp³-hybridized carbons (Fsp3) is 0.435. The van der Waals surface area contributed by atoms with E-state index in [1.165, 1.54) is 18.3 Å². The van der Waals surface area contributed by atoms with E-state index in [1.54, 1.807) is 17.0 Å². The molecule has 2 saturated heterocycles. The van der Waals surface area contributed by atoms with Crippen molar-refractivity contribution >= 4 is 17.6 Å². The van der Waals surface area contributed by atoms with E-state index in [4.69, 9.17) is 4.74 Å². The van der Waals surface area contributed by atoms with Gasteiger partial charge in [0, 0.05) is 51.1 Å². The molecule has 1 aromatic carbocycles. The molecule has 33 heavy (non-hydrogen) atoms. The molecular weight excluding hydrogens is 437 g/mol. The molecule has 0 spiro atoms. The molecule has 10 heteroatoms. The van der Waals surface area contributed by atoms with Crippen LogP contribution in [0.4, 0.5) is 19.0 Å². The van der Waals surface area contributed by atoms with Crippen LogP contribution in [0, 0.1) is 0 Å². The highest BCUT2D eigenvalue weighted by Crippen LogP contribution is 2.29. The maximum absolute atomic E-state index is 12.7. The number of rotatable bonds is 5. The van der Waals surface area contributed by atoms with Gasteiger partial charge in [0.05, 0.1) is 17.2 Å². The number of nitrogens with one attached hydrogen (secondary N) is 1. The summed E-state index contributed by atoms with van der Waals surface area (Å²) in [6.45, 7) is 3.12. The first-order valence-electron chi connectivity index (χ1n) is 10.9. The van der Waals surface area contributed by atoms with Gasteiger partial charge in [-0.25, -0.2) is 4.98 Å². The lowest BCUT2D eigenvalue weighted by atomic mass is 10.1. The second-order valence-corrected chi connectivity index (χ2v) is 8.10. The number of ether oxygens (including phenoxy) is 1. The first-order chi connectivity index (χ1) is 15.8. The molecular formula is C23H25F3N4O3. The lowest BCUT2D eigenvalue weighted by Gasteiger charge is -2.35. The average Bonchev–Trinajstić information content (AvgIpc) is 3.36. The molecule has 2 aliphatic rings. The second-order valence-electron chi connectivity index (χ2n) is 8.10. The number of hydrogen-bond acceptors (Lipinski definition) is 5. The normalized spacial score (nSPS) is 18.9. The van der Waals surface area contributed by atoms with Gasteiger partial charge in [0.25, 0.3) is 11.8 Å². The molecule has 2 fully saturated rings. The number of nitrogens with zero attached hydrogens (tertiary/aromatic N) is 3. The van der Waals surface area contributed by atoms with Gasteiger partial charge in [-0.15, -0.1) is 0 Å². The van der Waals surface area contributed by atoms with Crippen molar-refractivity contribution in [3.8, 4) is 0 Å². The van der Waals surface area contributed by atoms with E-state index in [1.807, 2.05) is 4.90 Å². The zero-order valence-electron chi connectivity index (χ0n) is 18.0. The van der Waals surface area contributed by atoms with Crippen molar-refractivity contribution in [3.05, 3.63) is 59.3 Å². The monoisotopic (exact) mass is 462 g/mol. The minimum atomic E-state index is -4.43. The van der Waals surface area contributed by atoms with Gasteiger partial charge in [0.15, 0.2) is 0 Å². The summed E-state index contributed by atoms with van der Waals surface area (Å²) < 4.78 is 43.7. The first-order valence-corrected chi connectivity index (χ1v) is 10.9. The number of carbonyl (C=O) groups excluding carboxylic acids is 2. The number of carbonyl (C=O) groups is 2. The lowest BCUT2D eigenvalue weighted by Crippen LogP contribution is -2.49. The zero-order valence-corrected chi connectivity index (χ0v) is 18.0. The van der Waals surface area contributed by atoms with Gasteiger partial charge in [-0.2, -0.15) is 13.2 Å². The predicted molar refractivity (Wildman–Crippen MR) is 115 cm³/mol. The van der Waals surface area contributed by atoms with Gasteiger partial charge in [0.2, 0.25) is 0 Å². The molecule has 2 aliphatic heterocycles. The molecule has 0 aliphatic carbocycles. The Balaban J connectivity index is 1.28. The number of aromatic nitrogens is 1. The standard InChI is InChI=1S/C23H25F3N4O3/c24-23(25,26)18-6-3-16(4-7-18)22(32)30-11-9-29(10-12-30)20-8-5-17(14-27-20)21(31)28-15-19-2-1-13-33-19/h3-8,14,19H,1-2,9-13,15H2,(H,28,31). The van der Waals surface area contributed by atoms with Crippen molar-refractivity contribution in [3.63, 3.8) is 0 Å². The fourth-order valence-corrected chi connectivity index (χ4v) is 3.94. The van der Waals surface area contributed by atoms with Crippen LogP contribution in [0.15, 0.2) is 42.6 Å². The van der Waals surface area contributed by atoms with Crippen molar-refractivity contribution in [1.29, 1.82) is 0 Å². The highest BCUT2D eigenvalue weighted by atomic mass is 19.4. The summed E-state index contributed by atoms with van der Waals surface area (Å²) in [5.74, 6) is 0.207. The molecule has 1 aromatic heterocycles. The molecule has 0 saturated carbocycles. The molecule has 2 amide bonds. The van der Waals surface area contributed by atoms with E-state index >= 15 is 0 Å². The molecule has 2 aromatic rings. The Kier molecular flexibility index (Phi) is 6.83. The summed E-state index contributed by atoms with van der Waals surface area (Å²) in [5.41, 5.74) is -0.0836. The van der Waals surface area contributed by atoms with Gasteiger partial charge in [-0.3, -0.25) is 9.59 Å². The largest absolute Gasteiger partial charge is 0.416 e. The maximum Gasteiger partial charge on any atom is 0.416 e. The van der Waals surface area contributed by atoms with Crippen LogP contribution in [-0.4, -0.2) is 67.1 Å². The van der Waals surface area contributed by atoms with Gasteiger partial charge >= 0.3 is 6.18 Å². The smallest absolute Gasteiger partial charge is 0.376 e. The molecule has 1 atom stereocenters. The van der Waals surface area contributed by atoms with Crippen LogP contribution in [0.5, 0.6) is 0 Å². The Morgan fingerprint density at radius 1 is 1.03 bits per heavy atom. The van der Waals surface area contributed by atoms with Crippen molar-refractivity contribution < 1.29 is 27.5 Å². The van der Waals surface area contributed by atoms with Crippen molar-refractivity contribution in [1.82, 2.24) is 15.2 Å². The third-order valence-electron chi connectivity index (χ3n) is 5.87. The second kappa shape index (κ2) is 9.78. The Bertz CT molecular complexity index is 966. The number of anilines is 1. The fourth-order valence-electron chi connectivity index (χ4n) is 3.94. The summed E-state index contributed by atoms with van der Waals surface area (Å²) >= 11 is 0. The summed E-state index contributed by atoms with van der Waals surface area (Å²) in [5, 5.41) is 2.86. The van der Waals surface area contributed by atoms with Gasteiger partial charge in [-0.1, -0.05) is 0 Å². The van der Waals surface area contributed by atoms with Crippen LogP contribution in [0.3, 0.4) is 0 Å². The molecule has 7 nitrogen and oxygen atoms in total. The molecule has 1 unspecified atom stereocenters.